The van der Waals surface area contributed by atoms with Crippen LogP contribution in [-0.4, -0.2) is 23.4 Å². The zero-order valence-corrected chi connectivity index (χ0v) is 10.4. The quantitative estimate of drug-likeness (QED) is 0.633. The average Bonchev–Trinajstić information content (AvgIpc) is 2.33. The standard InChI is InChI=1S/C11H13F2N3O3/c1-3-14-11(17)6(2)15-10-8(12)4-7(16(18)19)5-9(10)13/h4-6,15H,3H2,1-2H3,(H,14,17). The Bertz CT molecular complexity index is 485. The topological polar surface area (TPSA) is 84.3 Å². The van der Waals surface area contributed by atoms with Gasteiger partial charge in [0.25, 0.3) is 5.69 Å². The van der Waals surface area contributed by atoms with Crippen molar-refractivity contribution in [3.8, 4) is 0 Å². The molecule has 8 heteroatoms. The van der Waals surface area contributed by atoms with Crippen molar-refractivity contribution in [3.05, 3.63) is 33.9 Å². The number of non-ortho nitro benzene ring substituents is 1. The van der Waals surface area contributed by atoms with Gasteiger partial charge in [0, 0.05) is 6.54 Å². The molecule has 1 amide bonds. The molecule has 1 aromatic carbocycles. The molecule has 0 radical (unpaired) electrons. The molecule has 6 nitrogen and oxygen atoms in total. The second-order valence-corrected chi connectivity index (χ2v) is 3.80. The largest absolute Gasteiger partial charge is 0.369 e. The van der Waals surface area contributed by atoms with Crippen LogP contribution in [0.1, 0.15) is 13.8 Å². The number of nitrogens with zero attached hydrogens (tertiary/aromatic N) is 1. The highest BCUT2D eigenvalue weighted by Gasteiger charge is 2.20. The van der Waals surface area contributed by atoms with Crippen molar-refractivity contribution in [3.63, 3.8) is 0 Å². The van der Waals surface area contributed by atoms with Gasteiger partial charge in [-0.05, 0) is 13.8 Å². The molecule has 0 saturated heterocycles. The molecule has 1 rings (SSSR count). The molecule has 1 unspecified atom stereocenters. The molecule has 0 heterocycles. The van der Waals surface area contributed by atoms with E-state index in [9.17, 15) is 23.7 Å². The molecule has 2 N–H and O–H groups in total. The van der Waals surface area contributed by atoms with Gasteiger partial charge in [0.15, 0.2) is 11.6 Å². The van der Waals surface area contributed by atoms with Crippen LogP contribution in [0.5, 0.6) is 0 Å². The van der Waals surface area contributed by atoms with E-state index in [0.29, 0.717) is 18.7 Å². The smallest absolute Gasteiger partial charge is 0.275 e. The van der Waals surface area contributed by atoms with Gasteiger partial charge in [-0.2, -0.15) is 0 Å². The summed E-state index contributed by atoms with van der Waals surface area (Å²) in [4.78, 5) is 20.9. The number of halogens is 2. The summed E-state index contributed by atoms with van der Waals surface area (Å²) in [5, 5.41) is 15.2. The lowest BCUT2D eigenvalue weighted by molar-refractivity contribution is -0.385. The number of anilines is 1. The first kappa shape index (κ1) is 14.8. The first-order valence-electron chi connectivity index (χ1n) is 5.54. The number of carbonyl (C=O) groups excluding carboxylic acids is 1. The number of likely N-dealkylation sites (N-methyl/N-ethyl adjacent to an activating group) is 1. The lowest BCUT2D eigenvalue weighted by atomic mass is 10.2. The minimum absolute atomic E-state index is 0.385. The zero-order chi connectivity index (χ0) is 14.6. The third kappa shape index (κ3) is 3.60. The first-order valence-corrected chi connectivity index (χ1v) is 5.54. The summed E-state index contributed by atoms with van der Waals surface area (Å²) in [6.45, 7) is 3.51. The second kappa shape index (κ2) is 6.07. The maximum Gasteiger partial charge on any atom is 0.275 e. The molecular weight excluding hydrogens is 260 g/mol. The van der Waals surface area contributed by atoms with Crippen molar-refractivity contribution in [1.29, 1.82) is 0 Å². The van der Waals surface area contributed by atoms with Crippen molar-refractivity contribution < 1.29 is 18.5 Å². The van der Waals surface area contributed by atoms with Crippen molar-refractivity contribution in [1.82, 2.24) is 5.32 Å². The molecule has 104 valence electrons. The predicted molar refractivity (Wildman–Crippen MR) is 64.8 cm³/mol. The summed E-state index contributed by atoms with van der Waals surface area (Å²) in [6.07, 6.45) is 0. The van der Waals surface area contributed by atoms with E-state index in [1.165, 1.54) is 6.92 Å². The predicted octanol–water partition coefficient (Wildman–Crippen LogP) is 1.81. The maximum atomic E-state index is 13.5. The van der Waals surface area contributed by atoms with Gasteiger partial charge in [0.2, 0.25) is 5.91 Å². The fraction of sp³-hybridized carbons (Fsp3) is 0.364. The van der Waals surface area contributed by atoms with Gasteiger partial charge in [-0.15, -0.1) is 0 Å². The summed E-state index contributed by atoms with van der Waals surface area (Å²) in [6, 6.07) is 0.316. The van der Waals surface area contributed by atoms with E-state index in [1.807, 2.05) is 0 Å². The lowest BCUT2D eigenvalue weighted by Crippen LogP contribution is -2.37. The van der Waals surface area contributed by atoms with E-state index in [2.05, 4.69) is 10.6 Å². The lowest BCUT2D eigenvalue weighted by Gasteiger charge is -2.15. The SMILES string of the molecule is CCNC(=O)C(C)Nc1c(F)cc([N+](=O)[O-])cc1F. The monoisotopic (exact) mass is 273 g/mol. The van der Waals surface area contributed by atoms with Gasteiger partial charge in [0.1, 0.15) is 11.7 Å². The number of hydrogen-bond donors (Lipinski definition) is 2. The molecule has 0 bridgehead atoms. The molecule has 0 aliphatic heterocycles. The molecule has 0 aliphatic rings. The summed E-state index contributed by atoms with van der Waals surface area (Å²) in [5.74, 6) is -2.68. The van der Waals surface area contributed by atoms with Gasteiger partial charge in [-0.25, -0.2) is 8.78 Å². The number of nitro benzene ring substituents is 1. The fourth-order valence-corrected chi connectivity index (χ4v) is 1.41. The zero-order valence-electron chi connectivity index (χ0n) is 10.4. The molecule has 0 aliphatic carbocycles. The van der Waals surface area contributed by atoms with Crippen LogP contribution >= 0.6 is 0 Å². The van der Waals surface area contributed by atoms with Crippen LogP contribution in [0.3, 0.4) is 0 Å². The third-order valence-corrected chi connectivity index (χ3v) is 2.34. The number of benzene rings is 1. The number of nitro groups is 1. The second-order valence-electron chi connectivity index (χ2n) is 3.80. The molecular formula is C11H13F2N3O3. The summed E-state index contributed by atoms with van der Waals surface area (Å²) in [7, 11) is 0. The Kier molecular flexibility index (Phi) is 4.74. The Balaban J connectivity index is 2.96. The summed E-state index contributed by atoms with van der Waals surface area (Å²) < 4.78 is 27.1. The molecule has 0 aromatic heterocycles. The Morgan fingerprint density at radius 1 is 1.42 bits per heavy atom. The Morgan fingerprint density at radius 3 is 2.37 bits per heavy atom. The van der Waals surface area contributed by atoms with Crippen molar-refractivity contribution in [2.45, 2.75) is 19.9 Å². The highest BCUT2D eigenvalue weighted by atomic mass is 19.1. The number of carbonyl (C=O) groups is 1. The Hall–Kier alpha value is -2.25. The Labute approximate surface area is 108 Å². The minimum atomic E-state index is -1.12. The van der Waals surface area contributed by atoms with Gasteiger partial charge in [-0.3, -0.25) is 14.9 Å². The van der Waals surface area contributed by atoms with Crippen LogP contribution in [0.2, 0.25) is 0 Å². The van der Waals surface area contributed by atoms with Crippen LogP contribution in [0.4, 0.5) is 20.2 Å². The number of amides is 1. The average molecular weight is 273 g/mol. The van der Waals surface area contributed by atoms with E-state index in [0.717, 1.165) is 0 Å². The van der Waals surface area contributed by atoms with Crippen molar-refractivity contribution in [2.24, 2.45) is 0 Å². The van der Waals surface area contributed by atoms with Gasteiger partial charge >= 0.3 is 0 Å². The molecule has 0 fully saturated rings. The number of nitrogens with one attached hydrogen (secondary N) is 2. The van der Waals surface area contributed by atoms with Crippen molar-refractivity contribution in [2.75, 3.05) is 11.9 Å². The van der Waals surface area contributed by atoms with Crippen molar-refractivity contribution >= 4 is 17.3 Å². The summed E-state index contributed by atoms with van der Waals surface area (Å²) >= 11 is 0. The normalized spacial score (nSPS) is 11.8. The van der Waals surface area contributed by atoms with Gasteiger partial charge in [-0.1, -0.05) is 0 Å². The van der Waals surface area contributed by atoms with E-state index in [4.69, 9.17) is 0 Å². The molecule has 1 aromatic rings. The van der Waals surface area contributed by atoms with Crippen LogP contribution in [0.25, 0.3) is 0 Å². The van der Waals surface area contributed by atoms with Crippen LogP contribution in [0.15, 0.2) is 12.1 Å². The molecule has 1 atom stereocenters. The highest BCUT2D eigenvalue weighted by molar-refractivity contribution is 5.84. The van der Waals surface area contributed by atoms with Gasteiger partial charge in [0.05, 0.1) is 17.1 Å². The van der Waals surface area contributed by atoms with Crippen LogP contribution < -0.4 is 10.6 Å². The minimum Gasteiger partial charge on any atom is -0.369 e. The van der Waals surface area contributed by atoms with E-state index < -0.39 is 39.9 Å². The first-order chi connectivity index (χ1) is 8.86. The highest BCUT2D eigenvalue weighted by Crippen LogP contribution is 2.25. The third-order valence-electron chi connectivity index (χ3n) is 2.34. The van der Waals surface area contributed by atoms with Gasteiger partial charge < -0.3 is 10.6 Å². The molecule has 0 saturated carbocycles. The van der Waals surface area contributed by atoms with E-state index >= 15 is 0 Å². The summed E-state index contributed by atoms with van der Waals surface area (Å²) in [5.41, 5.74) is -1.25. The van der Waals surface area contributed by atoms with E-state index in [1.54, 1.807) is 6.92 Å². The number of rotatable bonds is 5. The van der Waals surface area contributed by atoms with Crippen LogP contribution in [0, 0.1) is 21.7 Å². The molecule has 19 heavy (non-hydrogen) atoms. The van der Waals surface area contributed by atoms with E-state index in [-0.39, 0.29) is 0 Å². The Morgan fingerprint density at radius 2 is 1.95 bits per heavy atom. The van der Waals surface area contributed by atoms with Crippen LogP contribution in [-0.2, 0) is 4.79 Å². The maximum absolute atomic E-state index is 13.5. The fourth-order valence-electron chi connectivity index (χ4n) is 1.41. The molecule has 0 spiro atoms. The number of hydrogen-bond acceptors (Lipinski definition) is 4.